The number of nitrogens with zero attached hydrogens (tertiary/aromatic N) is 5. The average Bonchev–Trinajstić information content (AvgIpc) is 3.38. The summed E-state index contributed by atoms with van der Waals surface area (Å²) >= 11 is 0. The van der Waals surface area contributed by atoms with Crippen LogP contribution in [-0.4, -0.2) is 58.7 Å². The maximum absolute atomic E-state index is 12.6. The van der Waals surface area contributed by atoms with Gasteiger partial charge >= 0.3 is 0 Å². The van der Waals surface area contributed by atoms with Crippen molar-refractivity contribution < 1.29 is 9.32 Å². The summed E-state index contributed by atoms with van der Waals surface area (Å²) in [5.41, 5.74) is 1.35. The van der Waals surface area contributed by atoms with Gasteiger partial charge in [-0.05, 0) is 26.7 Å². The van der Waals surface area contributed by atoms with E-state index in [1.54, 1.807) is 0 Å². The Bertz CT molecular complexity index is 793. The molecule has 1 aliphatic carbocycles. The number of nitrogens with one attached hydrogen (secondary N) is 1. The zero-order chi connectivity index (χ0) is 18.1. The largest absolute Gasteiger partial charge is 0.360 e. The van der Waals surface area contributed by atoms with Gasteiger partial charge in [-0.25, -0.2) is 4.98 Å². The number of anilines is 2. The van der Waals surface area contributed by atoms with Crippen molar-refractivity contribution >= 4 is 17.7 Å². The number of hydrogen-bond acceptors (Lipinski definition) is 7. The van der Waals surface area contributed by atoms with E-state index < -0.39 is 0 Å². The number of aryl methyl sites for hydroxylation is 1. The molecule has 0 aromatic carbocycles. The van der Waals surface area contributed by atoms with Gasteiger partial charge in [0.05, 0.1) is 0 Å². The fraction of sp³-hybridized carbons (Fsp3) is 0.556. The van der Waals surface area contributed by atoms with Crippen molar-refractivity contribution in [3.05, 3.63) is 29.3 Å². The molecule has 0 spiro atoms. The lowest BCUT2D eigenvalue weighted by Crippen LogP contribution is -2.49. The van der Waals surface area contributed by atoms with E-state index >= 15 is 0 Å². The van der Waals surface area contributed by atoms with Gasteiger partial charge in [-0.3, -0.25) is 4.79 Å². The smallest absolute Gasteiger partial charge is 0.276 e. The van der Waals surface area contributed by atoms with Crippen LogP contribution in [0.4, 0.5) is 11.8 Å². The Labute approximate surface area is 152 Å². The molecule has 1 aliphatic heterocycles. The second kappa shape index (κ2) is 6.93. The lowest BCUT2D eigenvalue weighted by Gasteiger charge is -2.35. The van der Waals surface area contributed by atoms with E-state index in [1.807, 2.05) is 30.9 Å². The van der Waals surface area contributed by atoms with Crippen LogP contribution in [0.25, 0.3) is 0 Å². The lowest BCUT2D eigenvalue weighted by molar-refractivity contribution is 0.0736. The van der Waals surface area contributed by atoms with E-state index in [2.05, 4.69) is 25.3 Å². The van der Waals surface area contributed by atoms with E-state index in [0.717, 1.165) is 49.7 Å². The van der Waals surface area contributed by atoms with Gasteiger partial charge in [0, 0.05) is 56.5 Å². The zero-order valence-corrected chi connectivity index (χ0v) is 15.2. The van der Waals surface area contributed by atoms with Crippen LogP contribution in [0.2, 0.25) is 0 Å². The van der Waals surface area contributed by atoms with Crippen molar-refractivity contribution in [3.63, 3.8) is 0 Å². The number of rotatable bonds is 5. The molecule has 1 saturated carbocycles. The van der Waals surface area contributed by atoms with Crippen LogP contribution in [-0.2, 0) is 0 Å². The van der Waals surface area contributed by atoms with Gasteiger partial charge < -0.3 is 19.6 Å². The first-order valence-corrected chi connectivity index (χ1v) is 9.24. The SMILES string of the molecule is CCNc1nc(C)cc(N2CCN(C(=O)c3cc(C4CC4)on3)CC2)n1. The number of carbonyl (C=O) groups excluding carboxylic acids is 1. The van der Waals surface area contributed by atoms with E-state index in [4.69, 9.17) is 4.52 Å². The van der Waals surface area contributed by atoms with Gasteiger partial charge in [0.25, 0.3) is 5.91 Å². The highest BCUT2D eigenvalue weighted by Gasteiger charge is 2.30. The highest BCUT2D eigenvalue weighted by atomic mass is 16.5. The standard InChI is InChI=1S/C18H24N6O2/c1-3-19-18-20-12(2)10-16(21-18)23-6-8-24(9-7-23)17(25)14-11-15(26-22-14)13-4-5-13/h10-11,13H,3-9H2,1-2H3,(H,19,20,21). The lowest BCUT2D eigenvalue weighted by atomic mass is 10.2. The predicted octanol–water partition coefficient (Wildman–Crippen LogP) is 2.04. The first-order chi connectivity index (χ1) is 12.6. The third-order valence-electron chi connectivity index (χ3n) is 4.79. The molecule has 0 atom stereocenters. The molecule has 0 unspecified atom stereocenters. The van der Waals surface area contributed by atoms with Crippen LogP contribution in [0, 0.1) is 6.92 Å². The molecule has 2 aromatic heterocycles. The molecule has 2 aromatic rings. The fourth-order valence-electron chi connectivity index (χ4n) is 3.20. The summed E-state index contributed by atoms with van der Waals surface area (Å²) in [6.45, 7) is 7.53. The molecule has 4 rings (SSSR count). The quantitative estimate of drug-likeness (QED) is 0.877. The molecule has 138 valence electrons. The summed E-state index contributed by atoms with van der Waals surface area (Å²) in [6.07, 6.45) is 2.27. The third-order valence-corrected chi connectivity index (χ3v) is 4.79. The Kier molecular flexibility index (Phi) is 4.48. The molecule has 2 fully saturated rings. The minimum Gasteiger partial charge on any atom is -0.360 e. The van der Waals surface area contributed by atoms with Crippen LogP contribution in [0.1, 0.15) is 47.6 Å². The van der Waals surface area contributed by atoms with Crippen molar-refractivity contribution in [3.8, 4) is 0 Å². The van der Waals surface area contributed by atoms with Crippen LogP contribution >= 0.6 is 0 Å². The summed E-state index contributed by atoms with van der Waals surface area (Å²) in [4.78, 5) is 25.6. The summed E-state index contributed by atoms with van der Waals surface area (Å²) in [5.74, 6) is 2.81. The van der Waals surface area contributed by atoms with Crippen LogP contribution < -0.4 is 10.2 Å². The second-order valence-corrected chi connectivity index (χ2v) is 6.89. The summed E-state index contributed by atoms with van der Waals surface area (Å²) in [7, 11) is 0. The van der Waals surface area contributed by atoms with Crippen molar-refractivity contribution in [1.29, 1.82) is 0 Å². The van der Waals surface area contributed by atoms with Gasteiger partial charge in [0.1, 0.15) is 11.6 Å². The molecule has 1 saturated heterocycles. The second-order valence-electron chi connectivity index (χ2n) is 6.89. The summed E-state index contributed by atoms with van der Waals surface area (Å²) in [6, 6.07) is 3.79. The summed E-state index contributed by atoms with van der Waals surface area (Å²) < 4.78 is 5.31. The third kappa shape index (κ3) is 3.49. The monoisotopic (exact) mass is 356 g/mol. The van der Waals surface area contributed by atoms with Gasteiger partial charge in [-0.15, -0.1) is 0 Å². The van der Waals surface area contributed by atoms with Gasteiger partial charge in [0.2, 0.25) is 5.95 Å². The maximum atomic E-state index is 12.6. The Morgan fingerprint density at radius 1 is 1.23 bits per heavy atom. The van der Waals surface area contributed by atoms with Crippen LogP contribution in [0.15, 0.2) is 16.7 Å². The molecular formula is C18H24N6O2. The Balaban J connectivity index is 1.39. The molecule has 3 heterocycles. The van der Waals surface area contributed by atoms with Crippen molar-refractivity contribution in [2.24, 2.45) is 0 Å². The van der Waals surface area contributed by atoms with Gasteiger partial charge in [-0.2, -0.15) is 4.98 Å². The van der Waals surface area contributed by atoms with Crippen molar-refractivity contribution in [2.45, 2.75) is 32.6 Å². The highest BCUT2D eigenvalue weighted by Crippen LogP contribution is 2.40. The topological polar surface area (TPSA) is 87.4 Å². The Morgan fingerprint density at radius 2 is 2.00 bits per heavy atom. The van der Waals surface area contributed by atoms with Gasteiger partial charge in [-0.1, -0.05) is 5.16 Å². The number of piperazine rings is 1. The normalized spacial score (nSPS) is 17.5. The van der Waals surface area contributed by atoms with E-state index in [9.17, 15) is 4.79 Å². The van der Waals surface area contributed by atoms with Crippen molar-refractivity contribution in [2.75, 3.05) is 42.9 Å². The Hall–Kier alpha value is -2.64. The molecule has 1 amide bonds. The fourth-order valence-corrected chi connectivity index (χ4v) is 3.20. The number of aromatic nitrogens is 3. The maximum Gasteiger partial charge on any atom is 0.276 e. The van der Waals surface area contributed by atoms with E-state index in [0.29, 0.717) is 30.6 Å². The number of amides is 1. The first kappa shape index (κ1) is 16.8. The minimum absolute atomic E-state index is 0.0486. The average molecular weight is 356 g/mol. The molecule has 26 heavy (non-hydrogen) atoms. The van der Waals surface area contributed by atoms with Crippen LogP contribution in [0.5, 0.6) is 0 Å². The number of carbonyl (C=O) groups is 1. The molecule has 8 heteroatoms. The molecular weight excluding hydrogens is 332 g/mol. The minimum atomic E-state index is -0.0486. The molecule has 0 radical (unpaired) electrons. The predicted molar refractivity (Wildman–Crippen MR) is 97.5 cm³/mol. The number of hydrogen-bond donors (Lipinski definition) is 1. The van der Waals surface area contributed by atoms with Gasteiger partial charge in [0.15, 0.2) is 5.69 Å². The zero-order valence-electron chi connectivity index (χ0n) is 15.2. The van der Waals surface area contributed by atoms with E-state index in [1.165, 1.54) is 0 Å². The summed E-state index contributed by atoms with van der Waals surface area (Å²) in [5, 5.41) is 7.13. The van der Waals surface area contributed by atoms with E-state index in [-0.39, 0.29) is 5.91 Å². The molecule has 8 nitrogen and oxygen atoms in total. The molecule has 2 aliphatic rings. The molecule has 1 N–H and O–H groups in total. The Morgan fingerprint density at radius 3 is 2.69 bits per heavy atom. The van der Waals surface area contributed by atoms with Crippen molar-refractivity contribution in [1.82, 2.24) is 20.0 Å². The molecule has 0 bridgehead atoms. The van der Waals surface area contributed by atoms with Crippen LogP contribution in [0.3, 0.4) is 0 Å². The highest BCUT2D eigenvalue weighted by molar-refractivity contribution is 5.92. The first-order valence-electron chi connectivity index (χ1n) is 9.24.